The monoisotopic (exact) mass is 251 g/mol. The first kappa shape index (κ1) is 12.9. The van der Waals surface area contributed by atoms with Gasteiger partial charge in [0.2, 0.25) is 0 Å². The minimum Gasteiger partial charge on any atom is -0.464 e. The summed E-state index contributed by atoms with van der Waals surface area (Å²) in [5.74, 6) is 0.378. The van der Waals surface area contributed by atoms with E-state index in [2.05, 4.69) is 16.8 Å². The number of carbonyl (C=O) groups is 1. The summed E-state index contributed by atoms with van der Waals surface area (Å²) in [6.45, 7) is 2.24. The standard InChI is InChI=1S/C13H21N3O2/c1-3-9-4-6-10(7-5-9)16-8-11(14)12(15-16)13(17)18-2/h8-10H,3-7,14H2,1-2H3. The van der Waals surface area contributed by atoms with Crippen LogP contribution in [-0.2, 0) is 4.74 Å². The second-order valence-corrected chi connectivity index (χ2v) is 4.99. The van der Waals surface area contributed by atoms with Gasteiger partial charge in [0, 0.05) is 6.20 Å². The zero-order chi connectivity index (χ0) is 13.1. The Morgan fingerprint density at radius 2 is 2.17 bits per heavy atom. The SMILES string of the molecule is CCC1CCC(n2cc(N)c(C(=O)OC)n2)CC1. The molecule has 1 saturated carbocycles. The molecular formula is C13H21N3O2. The number of hydrogen-bond acceptors (Lipinski definition) is 4. The van der Waals surface area contributed by atoms with Crippen LogP contribution < -0.4 is 5.73 Å². The summed E-state index contributed by atoms with van der Waals surface area (Å²) in [7, 11) is 1.34. The number of ether oxygens (including phenoxy) is 1. The van der Waals surface area contributed by atoms with Crippen LogP contribution in [0.1, 0.15) is 55.6 Å². The third-order valence-corrected chi connectivity index (χ3v) is 3.91. The van der Waals surface area contributed by atoms with Gasteiger partial charge in [-0.1, -0.05) is 13.3 Å². The van der Waals surface area contributed by atoms with Gasteiger partial charge >= 0.3 is 5.97 Å². The lowest BCUT2D eigenvalue weighted by molar-refractivity contribution is 0.0593. The van der Waals surface area contributed by atoms with Crippen LogP contribution in [-0.4, -0.2) is 22.9 Å². The summed E-state index contributed by atoms with van der Waals surface area (Å²) in [6, 6.07) is 0.369. The summed E-state index contributed by atoms with van der Waals surface area (Å²) >= 11 is 0. The number of esters is 1. The van der Waals surface area contributed by atoms with Crippen LogP contribution in [0, 0.1) is 5.92 Å². The summed E-state index contributed by atoms with van der Waals surface area (Å²) in [5.41, 5.74) is 6.43. The van der Waals surface area contributed by atoms with Crippen LogP contribution in [0.2, 0.25) is 0 Å². The Morgan fingerprint density at radius 3 is 2.72 bits per heavy atom. The molecule has 18 heavy (non-hydrogen) atoms. The quantitative estimate of drug-likeness (QED) is 0.837. The average molecular weight is 251 g/mol. The van der Waals surface area contributed by atoms with Crippen molar-refractivity contribution in [2.45, 2.75) is 45.1 Å². The maximum Gasteiger partial charge on any atom is 0.360 e. The first-order valence-corrected chi connectivity index (χ1v) is 6.58. The fourth-order valence-electron chi connectivity index (χ4n) is 2.67. The molecule has 100 valence electrons. The normalized spacial score (nSPS) is 23.9. The van der Waals surface area contributed by atoms with Crippen LogP contribution in [0.4, 0.5) is 5.69 Å². The largest absolute Gasteiger partial charge is 0.464 e. The van der Waals surface area contributed by atoms with Crippen LogP contribution in [0.5, 0.6) is 0 Å². The molecule has 0 aliphatic heterocycles. The van der Waals surface area contributed by atoms with Gasteiger partial charge in [-0.25, -0.2) is 4.79 Å². The molecule has 0 aromatic carbocycles. The maximum atomic E-state index is 11.5. The molecule has 2 rings (SSSR count). The molecule has 1 aliphatic rings. The van der Waals surface area contributed by atoms with E-state index in [9.17, 15) is 4.79 Å². The van der Waals surface area contributed by atoms with Gasteiger partial charge in [0.05, 0.1) is 18.8 Å². The Morgan fingerprint density at radius 1 is 1.50 bits per heavy atom. The lowest BCUT2D eigenvalue weighted by atomic mass is 9.85. The average Bonchev–Trinajstić information content (AvgIpc) is 2.80. The number of nitrogens with zero attached hydrogens (tertiary/aromatic N) is 2. The Balaban J connectivity index is 2.08. The summed E-state index contributed by atoms with van der Waals surface area (Å²) in [6.07, 6.45) is 7.69. The van der Waals surface area contributed by atoms with Crippen molar-refractivity contribution in [3.63, 3.8) is 0 Å². The van der Waals surface area contributed by atoms with Gasteiger partial charge in [0.1, 0.15) is 0 Å². The Hall–Kier alpha value is -1.52. The number of carbonyl (C=O) groups excluding carboxylic acids is 1. The zero-order valence-corrected chi connectivity index (χ0v) is 11.1. The highest BCUT2D eigenvalue weighted by Crippen LogP contribution is 2.33. The highest BCUT2D eigenvalue weighted by atomic mass is 16.5. The zero-order valence-electron chi connectivity index (χ0n) is 11.1. The van der Waals surface area contributed by atoms with Crippen molar-refractivity contribution in [1.82, 2.24) is 9.78 Å². The molecule has 1 fully saturated rings. The number of rotatable bonds is 3. The van der Waals surface area contributed by atoms with Crippen molar-refractivity contribution in [2.24, 2.45) is 5.92 Å². The van der Waals surface area contributed by atoms with E-state index < -0.39 is 5.97 Å². The number of nitrogen functional groups attached to an aromatic ring is 1. The van der Waals surface area contributed by atoms with Crippen LogP contribution in [0.25, 0.3) is 0 Å². The van der Waals surface area contributed by atoms with Crippen molar-refractivity contribution in [3.8, 4) is 0 Å². The molecule has 0 amide bonds. The first-order chi connectivity index (χ1) is 8.65. The number of nitrogens with two attached hydrogens (primary N) is 1. The Bertz CT molecular complexity index is 420. The van der Waals surface area contributed by atoms with E-state index in [0.717, 1.165) is 18.8 Å². The lowest BCUT2D eigenvalue weighted by Crippen LogP contribution is -2.18. The first-order valence-electron chi connectivity index (χ1n) is 6.58. The molecular weight excluding hydrogens is 230 g/mol. The molecule has 2 N–H and O–H groups in total. The van der Waals surface area contributed by atoms with Gasteiger partial charge in [0.15, 0.2) is 5.69 Å². The van der Waals surface area contributed by atoms with Gasteiger partial charge in [0.25, 0.3) is 0 Å². The summed E-state index contributed by atoms with van der Waals surface area (Å²) < 4.78 is 6.50. The van der Waals surface area contributed by atoms with Crippen LogP contribution in [0.15, 0.2) is 6.20 Å². The van der Waals surface area contributed by atoms with Gasteiger partial charge in [-0.2, -0.15) is 5.10 Å². The van der Waals surface area contributed by atoms with Crippen LogP contribution >= 0.6 is 0 Å². The smallest absolute Gasteiger partial charge is 0.360 e. The van der Waals surface area contributed by atoms with E-state index in [1.807, 2.05) is 4.68 Å². The number of hydrogen-bond donors (Lipinski definition) is 1. The van der Waals surface area contributed by atoms with Crippen molar-refractivity contribution < 1.29 is 9.53 Å². The second-order valence-electron chi connectivity index (χ2n) is 4.99. The second kappa shape index (κ2) is 5.42. The van der Waals surface area contributed by atoms with Crippen molar-refractivity contribution in [2.75, 3.05) is 12.8 Å². The van der Waals surface area contributed by atoms with Crippen molar-refractivity contribution in [1.29, 1.82) is 0 Å². The molecule has 5 heteroatoms. The van der Waals surface area contributed by atoms with E-state index in [-0.39, 0.29) is 5.69 Å². The van der Waals surface area contributed by atoms with Gasteiger partial charge in [-0.15, -0.1) is 0 Å². The van der Waals surface area contributed by atoms with E-state index in [1.54, 1.807) is 6.20 Å². The molecule has 1 aromatic heterocycles. The summed E-state index contributed by atoms with van der Waals surface area (Å²) in [5, 5.41) is 4.27. The minimum atomic E-state index is -0.464. The maximum absolute atomic E-state index is 11.5. The van der Waals surface area contributed by atoms with Gasteiger partial charge < -0.3 is 10.5 Å². The van der Waals surface area contributed by atoms with Crippen molar-refractivity contribution in [3.05, 3.63) is 11.9 Å². The van der Waals surface area contributed by atoms with E-state index in [4.69, 9.17) is 5.73 Å². The molecule has 0 saturated heterocycles. The molecule has 0 bridgehead atoms. The van der Waals surface area contributed by atoms with E-state index in [1.165, 1.54) is 26.4 Å². The highest BCUT2D eigenvalue weighted by molar-refractivity contribution is 5.92. The lowest BCUT2D eigenvalue weighted by Gasteiger charge is -2.27. The van der Waals surface area contributed by atoms with Crippen LogP contribution in [0.3, 0.4) is 0 Å². The molecule has 1 aromatic rings. The van der Waals surface area contributed by atoms with E-state index >= 15 is 0 Å². The predicted molar refractivity (Wildman–Crippen MR) is 69.3 cm³/mol. The van der Waals surface area contributed by atoms with Gasteiger partial charge in [-0.05, 0) is 31.6 Å². The third kappa shape index (κ3) is 2.49. The predicted octanol–water partition coefficient (Wildman–Crippen LogP) is 2.39. The Kier molecular flexibility index (Phi) is 3.89. The number of aromatic nitrogens is 2. The fourth-order valence-corrected chi connectivity index (χ4v) is 2.67. The molecule has 1 aliphatic carbocycles. The molecule has 1 heterocycles. The van der Waals surface area contributed by atoms with E-state index in [0.29, 0.717) is 11.7 Å². The molecule has 0 spiro atoms. The molecule has 0 unspecified atom stereocenters. The minimum absolute atomic E-state index is 0.232. The third-order valence-electron chi connectivity index (χ3n) is 3.91. The molecule has 0 atom stereocenters. The number of methoxy groups -OCH3 is 1. The molecule has 0 radical (unpaired) electrons. The van der Waals surface area contributed by atoms with Crippen molar-refractivity contribution >= 4 is 11.7 Å². The van der Waals surface area contributed by atoms with Gasteiger partial charge in [-0.3, -0.25) is 4.68 Å². The number of anilines is 1. The fraction of sp³-hybridized carbons (Fsp3) is 0.692. The summed E-state index contributed by atoms with van der Waals surface area (Å²) in [4.78, 5) is 11.5. The topological polar surface area (TPSA) is 70.1 Å². The highest BCUT2D eigenvalue weighted by Gasteiger charge is 2.24. The molecule has 5 nitrogen and oxygen atoms in total. The Labute approximate surface area is 107 Å².